The minimum absolute atomic E-state index is 0. The number of thiophene rings is 1. The molecule has 1 heterocycles. The molecule has 5 nitrogen and oxygen atoms in total. The van der Waals surface area contributed by atoms with Crippen LogP contribution in [-0.4, -0.2) is 45.7 Å². The Bertz CT molecular complexity index is 702. The Kier molecular flexibility index (Phi) is 9.97. The van der Waals surface area contributed by atoms with E-state index in [9.17, 15) is 0 Å². The minimum atomic E-state index is 0. The molecule has 1 aromatic carbocycles. The number of hydrogen-bond acceptors (Lipinski definition) is 4. The number of nitrogens with one attached hydrogen (secondary N) is 2. The predicted molar refractivity (Wildman–Crippen MR) is 122 cm³/mol. The van der Waals surface area contributed by atoms with Gasteiger partial charge in [0, 0.05) is 28.9 Å². The van der Waals surface area contributed by atoms with Gasteiger partial charge in [-0.25, -0.2) is 0 Å². The summed E-state index contributed by atoms with van der Waals surface area (Å²) in [5, 5.41) is 6.80. The lowest BCUT2D eigenvalue weighted by Gasteiger charge is -2.27. The molecule has 7 heteroatoms. The topological polar surface area (TPSA) is 48.9 Å². The van der Waals surface area contributed by atoms with Crippen LogP contribution in [0.3, 0.4) is 0 Å². The second-order valence-corrected chi connectivity index (χ2v) is 7.41. The van der Waals surface area contributed by atoms with E-state index in [1.165, 1.54) is 9.75 Å². The van der Waals surface area contributed by atoms with Crippen molar-refractivity contribution in [2.75, 3.05) is 34.8 Å². The minimum Gasteiger partial charge on any atom is -0.496 e. The van der Waals surface area contributed by atoms with Gasteiger partial charge in [0.05, 0.1) is 19.7 Å². The van der Waals surface area contributed by atoms with Crippen LogP contribution >= 0.6 is 35.3 Å². The van der Waals surface area contributed by atoms with E-state index in [1.807, 2.05) is 18.2 Å². The highest BCUT2D eigenvalue weighted by Gasteiger charge is 2.18. The van der Waals surface area contributed by atoms with Gasteiger partial charge in [-0.15, -0.1) is 35.3 Å². The summed E-state index contributed by atoms with van der Waals surface area (Å²) in [6, 6.07) is 12.6. The molecule has 26 heavy (non-hydrogen) atoms. The highest BCUT2D eigenvalue weighted by atomic mass is 127. The molecule has 0 amide bonds. The Morgan fingerprint density at radius 3 is 2.50 bits per heavy atom. The number of aryl methyl sites for hydroxylation is 1. The number of para-hydroxylation sites is 1. The number of nitrogens with zero attached hydrogens (tertiary/aromatic N) is 2. The zero-order chi connectivity index (χ0) is 18.2. The molecule has 144 valence electrons. The molecule has 2 rings (SSSR count). The Balaban J connectivity index is 0.00000338. The second kappa shape index (κ2) is 11.4. The summed E-state index contributed by atoms with van der Waals surface area (Å²) in [6.07, 6.45) is 0. The lowest BCUT2D eigenvalue weighted by atomic mass is 10.0. The van der Waals surface area contributed by atoms with Crippen LogP contribution in [0.4, 0.5) is 0 Å². The first-order chi connectivity index (χ1) is 12.0. The summed E-state index contributed by atoms with van der Waals surface area (Å²) in [5.74, 6) is 1.70. The molecule has 0 aliphatic heterocycles. The maximum absolute atomic E-state index is 5.52. The molecule has 0 bridgehead atoms. The fourth-order valence-electron chi connectivity index (χ4n) is 2.68. The molecule has 0 radical (unpaired) electrons. The van der Waals surface area contributed by atoms with Crippen LogP contribution in [0.2, 0.25) is 0 Å². The van der Waals surface area contributed by atoms with Gasteiger partial charge in [-0.3, -0.25) is 4.99 Å². The first-order valence-corrected chi connectivity index (χ1v) is 9.16. The van der Waals surface area contributed by atoms with Crippen LogP contribution in [0.25, 0.3) is 0 Å². The summed E-state index contributed by atoms with van der Waals surface area (Å²) < 4.78 is 5.52. The molecule has 1 unspecified atom stereocenters. The van der Waals surface area contributed by atoms with E-state index in [0.717, 1.165) is 30.4 Å². The van der Waals surface area contributed by atoms with Gasteiger partial charge in [0.25, 0.3) is 0 Å². The fraction of sp³-hybridized carbons (Fsp3) is 0.421. The fourth-order valence-corrected chi connectivity index (χ4v) is 3.51. The molecule has 0 saturated heterocycles. The number of hydrogen-bond donors (Lipinski definition) is 2. The van der Waals surface area contributed by atoms with Gasteiger partial charge < -0.3 is 20.3 Å². The smallest absolute Gasteiger partial charge is 0.191 e. The van der Waals surface area contributed by atoms with E-state index in [0.29, 0.717) is 0 Å². The molecule has 0 aliphatic carbocycles. The van der Waals surface area contributed by atoms with Crippen molar-refractivity contribution < 1.29 is 4.74 Å². The monoisotopic (exact) mass is 488 g/mol. The number of methoxy groups -OCH3 is 1. The summed E-state index contributed by atoms with van der Waals surface area (Å²) in [5.41, 5.74) is 1.16. The summed E-state index contributed by atoms with van der Waals surface area (Å²) >= 11 is 1.80. The van der Waals surface area contributed by atoms with Crippen molar-refractivity contribution in [3.63, 3.8) is 0 Å². The Hall–Kier alpha value is -1.32. The molecule has 1 aromatic heterocycles. The third-order valence-corrected chi connectivity index (χ3v) is 5.03. The Morgan fingerprint density at radius 2 is 1.92 bits per heavy atom. The van der Waals surface area contributed by atoms with Crippen molar-refractivity contribution in [3.05, 3.63) is 51.7 Å². The third kappa shape index (κ3) is 6.44. The average molecular weight is 488 g/mol. The van der Waals surface area contributed by atoms with Crippen molar-refractivity contribution in [1.29, 1.82) is 0 Å². The van der Waals surface area contributed by atoms with Gasteiger partial charge in [-0.1, -0.05) is 18.2 Å². The zero-order valence-electron chi connectivity index (χ0n) is 16.1. The molecule has 0 fully saturated rings. The van der Waals surface area contributed by atoms with E-state index in [1.54, 1.807) is 25.5 Å². The number of benzene rings is 1. The maximum atomic E-state index is 5.52. The summed E-state index contributed by atoms with van der Waals surface area (Å²) in [4.78, 5) is 9.13. The molecule has 1 atom stereocenters. The van der Waals surface area contributed by atoms with Crippen molar-refractivity contribution in [2.45, 2.75) is 19.5 Å². The van der Waals surface area contributed by atoms with Gasteiger partial charge in [0.2, 0.25) is 0 Å². The summed E-state index contributed by atoms with van der Waals surface area (Å²) in [6.45, 7) is 3.63. The molecule has 2 aromatic rings. The highest BCUT2D eigenvalue weighted by Crippen LogP contribution is 2.27. The van der Waals surface area contributed by atoms with E-state index >= 15 is 0 Å². The summed E-state index contributed by atoms with van der Waals surface area (Å²) in [7, 11) is 7.65. The molecule has 0 saturated carbocycles. The van der Waals surface area contributed by atoms with Crippen molar-refractivity contribution in [3.8, 4) is 5.75 Å². The molecule has 2 N–H and O–H groups in total. The van der Waals surface area contributed by atoms with Crippen LogP contribution in [0.15, 0.2) is 41.4 Å². The molecular formula is C19H29IN4OS. The van der Waals surface area contributed by atoms with Crippen LogP contribution < -0.4 is 15.4 Å². The van der Waals surface area contributed by atoms with Crippen LogP contribution in [0.5, 0.6) is 5.75 Å². The highest BCUT2D eigenvalue weighted by molar-refractivity contribution is 14.0. The van der Waals surface area contributed by atoms with E-state index in [-0.39, 0.29) is 30.0 Å². The van der Waals surface area contributed by atoms with Gasteiger partial charge in [-0.05, 0) is 39.2 Å². The molecular weight excluding hydrogens is 459 g/mol. The first-order valence-electron chi connectivity index (χ1n) is 8.34. The van der Waals surface area contributed by atoms with E-state index < -0.39 is 0 Å². The Labute approximate surface area is 177 Å². The predicted octanol–water partition coefficient (Wildman–Crippen LogP) is 3.65. The van der Waals surface area contributed by atoms with Crippen LogP contribution in [-0.2, 0) is 6.54 Å². The van der Waals surface area contributed by atoms with Crippen molar-refractivity contribution >= 4 is 41.3 Å². The number of rotatable bonds is 7. The molecule has 0 aliphatic rings. The first kappa shape index (κ1) is 22.7. The number of aliphatic imine (C=N–C) groups is 1. The Morgan fingerprint density at radius 1 is 1.19 bits per heavy atom. The molecule has 0 spiro atoms. The second-order valence-electron chi connectivity index (χ2n) is 6.04. The lowest BCUT2D eigenvalue weighted by Crippen LogP contribution is -2.41. The van der Waals surface area contributed by atoms with Gasteiger partial charge in [-0.2, -0.15) is 0 Å². The standard InChI is InChI=1S/C19H28N4OS.HI/c1-14-10-11-15(25-14)12-21-19(20-2)22-13-17(23(3)4)16-8-6-7-9-18(16)24-5;/h6-11,17H,12-13H2,1-5H3,(H2,20,21,22);1H. The zero-order valence-corrected chi connectivity index (χ0v) is 19.2. The van der Waals surface area contributed by atoms with Crippen LogP contribution in [0, 0.1) is 6.92 Å². The van der Waals surface area contributed by atoms with Gasteiger partial charge in [0.1, 0.15) is 5.75 Å². The number of halogens is 1. The van der Waals surface area contributed by atoms with Gasteiger partial charge >= 0.3 is 0 Å². The van der Waals surface area contributed by atoms with Crippen molar-refractivity contribution in [1.82, 2.24) is 15.5 Å². The van der Waals surface area contributed by atoms with E-state index in [2.05, 4.69) is 59.7 Å². The third-order valence-electron chi connectivity index (χ3n) is 4.03. The number of likely N-dealkylation sites (N-methyl/N-ethyl adjacent to an activating group) is 1. The van der Waals surface area contributed by atoms with E-state index in [4.69, 9.17) is 4.74 Å². The largest absolute Gasteiger partial charge is 0.496 e. The lowest BCUT2D eigenvalue weighted by molar-refractivity contribution is 0.287. The van der Waals surface area contributed by atoms with Crippen molar-refractivity contribution in [2.24, 2.45) is 4.99 Å². The quantitative estimate of drug-likeness (QED) is 0.355. The average Bonchev–Trinajstić information content (AvgIpc) is 3.03. The van der Waals surface area contributed by atoms with Gasteiger partial charge in [0.15, 0.2) is 5.96 Å². The maximum Gasteiger partial charge on any atom is 0.191 e. The number of ether oxygens (including phenoxy) is 1. The normalized spacial score (nSPS) is 12.5. The number of guanidine groups is 1. The van der Waals surface area contributed by atoms with Crippen LogP contribution in [0.1, 0.15) is 21.4 Å². The SMILES string of the molecule is CN=C(NCc1ccc(C)s1)NCC(c1ccccc1OC)N(C)C.I.